The minimum Gasteiger partial charge on any atom is -0.486 e. The van der Waals surface area contributed by atoms with Crippen LogP contribution in [0.5, 0.6) is 11.5 Å². The Morgan fingerprint density at radius 3 is 2.43 bits per heavy atom. The van der Waals surface area contributed by atoms with Crippen LogP contribution in [-0.2, 0) is 0 Å². The summed E-state index contributed by atoms with van der Waals surface area (Å²) in [6.07, 6.45) is 0. The summed E-state index contributed by atoms with van der Waals surface area (Å²) in [7, 11) is 0. The van der Waals surface area contributed by atoms with Crippen LogP contribution in [0.2, 0.25) is 20.2 Å². The Morgan fingerprint density at radius 1 is 1.00 bits per heavy atom. The highest BCUT2D eigenvalue weighted by Gasteiger charge is 2.21. The van der Waals surface area contributed by atoms with Crippen LogP contribution in [0, 0.1) is 0 Å². The fourth-order valence-electron chi connectivity index (χ4n) is 1.95. The van der Waals surface area contributed by atoms with E-state index in [1.54, 1.807) is 18.2 Å². The molecule has 5 nitrogen and oxygen atoms in total. The molecule has 0 radical (unpaired) electrons. The van der Waals surface area contributed by atoms with Crippen LogP contribution in [0.15, 0.2) is 18.2 Å². The molecule has 0 fully saturated rings. The van der Waals surface area contributed by atoms with Gasteiger partial charge >= 0.3 is 0 Å². The number of carbonyl (C=O) groups is 1. The molecule has 1 N–H and O–H groups in total. The summed E-state index contributed by atoms with van der Waals surface area (Å²) in [5.41, 5.74) is 0.361. The number of fused-ring (bicyclic) bond motifs is 1. The number of amides is 1. The third-order valence-electron chi connectivity index (χ3n) is 3.00. The normalized spacial score (nSPS) is 12.9. The smallest absolute Gasteiger partial charge is 0.275 e. The fourth-order valence-corrected chi connectivity index (χ4v) is 2.76. The first kappa shape index (κ1) is 16.5. The maximum Gasteiger partial charge on any atom is 0.275 e. The lowest BCUT2D eigenvalue weighted by atomic mass is 10.2. The monoisotopic (exact) mass is 392 g/mol. The predicted molar refractivity (Wildman–Crippen MR) is 89.7 cm³/mol. The first-order valence-corrected chi connectivity index (χ1v) is 7.89. The van der Waals surface area contributed by atoms with Gasteiger partial charge in [0, 0.05) is 11.8 Å². The van der Waals surface area contributed by atoms with Gasteiger partial charge in [0.2, 0.25) is 0 Å². The zero-order valence-electron chi connectivity index (χ0n) is 11.3. The van der Waals surface area contributed by atoms with Crippen LogP contribution in [-0.4, -0.2) is 24.1 Å². The molecule has 1 aromatic heterocycles. The lowest BCUT2D eigenvalue weighted by molar-refractivity contribution is 0.102. The Bertz CT molecular complexity index is 798. The van der Waals surface area contributed by atoms with E-state index in [1.165, 1.54) is 0 Å². The Morgan fingerprint density at radius 2 is 1.70 bits per heavy atom. The molecule has 0 aliphatic carbocycles. The number of benzene rings is 1. The quantitative estimate of drug-likeness (QED) is 0.750. The van der Waals surface area contributed by atoms with Crippen molar-refractivity contribution < 1.29 is 14.3 Å². The van der Waals surface area contributed by atoms with Crippen molar-refractivity contribution in [3.8, 4) is 11.5 Å². The number of pyridine rings is 1. The van der Waals surface area contributed by atoms with E-state index in [9.17, 15) is 4.79 Å². The Labute approximate surface area is 151 Å². The summed E-state index contributed by atoms with van der Waals surface area (Å²) in [5.74, 6) is 0.579. The van der Waals surface area contributed by atoms with Crippen molar-refractivity contribution in [2.75, 3.05) is 18.5 Å². The van der Waals surface area contributed by atoms with Gasteiger partial charge < -0.3 is 14.8 Å². The van der Waals surface area contributed by atoms with Crippen molar-refractivity contribution in [2.45, 2.75) is 0 Å². The van der Waals surface area contributed by atoms with E-state index in [-0.39, 0.29) is 25.9 Å². The summed E-state index contributed by atoms with van der Waals surface area (Å²) in [4.78, 5) is 16.2. The highest BCUT2D eigenvalue weighted by Crippen LogP contribution is 2.37. The van der Waals surface area contributed by atoms with Gasteiger partial charge in [-0.3, -0.25) is 4.79 Å². The molecular weight excluding hydrogens is 386 g/mol. The molecule has 1 aliphatic heterocycles. The average molecular weight is 394 g/mol. The van der Waals surface area contributed by atoms with Crippen molar-refractivity contribution in [2.24, 2.45) is 0 Å². The van der Waals surface area contributed by atoms with Crippen molar-refractivity contribution in [3.05, 3.63) is 44.1 Å². The number of hydrogen-bond donors (Lipinski definition) is 1. The zero-order valence-corrected chi connectivity index (χ0v) is 14.4. The molecule has 0 saturated heterocycles. The van der Waals surface area contributed by atoms with Gasteiger partial charge in [-0.1, -0.05) is 46.4 Å². The van der Waals surface area contributed by atoms with E-state index in [4.69, 9.17) is 55.9 Å². The third-order valence-corrected chi connectivity index (χ3v) is 4.68. The van der Waals surface area contributed by atoms with Gasteiger partial charge in [-0.05, 0) is 12.1 Å². The number of halogens is 4. The lowest BCUT2D eigenvalue weighted by Crippen LogP contribution is -2.17. The fraction of sp³-hybridized carbons (Fsp3) is 0.143. The summed E-state index contributed by atoms with van der Waals surface area (Å²) in [6.45, 7) is 0.931. The Kier molecular flexibility index (Phi) is 4.73. The van der Waals surface area contributed by atoms with Crippen LogP contribution in [0.25, 0.3) is 0 Å². The number of rotatable bonds is 2. The predicted octanol–water partition coefficient (Wildman–Crippen LogP) is 4.72. The van der Waals surface area contributed by atoms with Crippen molar-refractivity contribution in [1.82, 2.24) is 4.98 Å². The SMILES string of the molecule is O=C(Nc1ccc2c(c1)OCCO2)c1nc(Cl)c(Cl)c(Cl)c1Cl. The molecule has 0 unspecified atom stereocenters. The van der Waals surface area contributed by atoms with Gasteiger partial charge in [0.05, 0.1) is 15.1 Å². The summed E-state index contributed by atoms with van der Waals surface area (Å²) < 4.78 is 10.9. The van der Waals surface area contributed by atoms with Crippen molar-refractivity contribution in [1.29, 1.82) is 0 Å². The Balaban J connectivity index is 1.88. The molecule has 1 aromatic carbocycles. The number of hydrogen-bond acceptors (Lipinski definition) is 4. The van der Waals surface area contributed by atoms with Crippen LogP contribution in [0.4, 0.5) is 5.69 Å². The molecule has 0 atom stereocenters. The first-order chi connectivity index (χ1) is 11.0. The second-order valence-electron chi connectivity index (χ2n) is 4.51. The molecule has 0 bridgehead atoms. The second kappa shape index (κ2) is 6.61. The van der Waals surface area contributed by atoms with E-state index in [1.807, 2.05) is 0 Å². The molecule has 120 valence electrons. The number of anilines is 1. The maximum absolute atomic E-state index is 12.3. The summed E-state index contributed by atoms with van der Waals surface area (Å²) in [5, 5.41) is 2.43. The van der Waals surface area contributed by atoms with E-state index in [2.05, 4.69) is 10.3 Å². The first-order valence-electron chi connectivity index (χ1n) is 6.38. The van der Waals surface area contributed by atoms with Gasteiger partial charge in [0.25, 0.3) is 5.91 Å². The summed E-state index contributed by atoms with van der Waals surface area (Å²) in [6, 6.07) is 5.00. The topological polar surface area (TPSA) is 60.5 Å². The average Bonchev–Trinajstić information content (AvgIpc) is 2.56. The molecule has 9 heteroatoms. The van der Waals surface area contributed by atoms with Crippen molar-refractivity contribution >= 4 is 58.0 Å². The highest BCUT2D eigenvalue weighted by atomic mass is 35.5. The number of ether oxygens (including phenoxy) is 2. The van der Waals surface area contributed by atoms with Gasteiger partial charge in [0.1, 0.15) is 24.1 Å². The van der Waals surface area contributed by atoms with E-state index in [0.717, 1.165) is 0 Å². The highest BCUT2D eigenvalue weighted by molar-refractivity contribution is 6.52. The molecular formula is C14H8Cl4N2O3. The molecule has 2 heterocycles. The zero-order chi connectivity index (χ0) is 16.6. The van der Waals surface area contributed by atoms with E-state index < -0.39 is 5.91 Å². The van der Waals surface area contributed by atoms with Gasteiger partial charge in [-0.2, -0.15) is 0 Å². The van der Waals surface area contributed by atoms with Crippen molar-refractivity contribution in [3.63, 3.8) is 0 Å². The molecule has 0 spiro atoms. The second-order valence-corrected chi connectivity index (χ2v) is 6.00. The molecule has 1 amide bonds. The van der Waals surface area contributed by atoms with Crippen LogP contribution in [0.1, 0.15) is 10.5 Å². The Hall–Kier alpha value is -1.40. The van der Waals surface area contributed by atoms with Crippen LogP contribution in [0.3, 0.4) is 0 Å². The van der Waals surface area contributed by atoms with E-state index >= 15 is 0 Å². The van der Waals surface area contributed by atoms with Gasteiger partial charge in [-0.25, -0.2) is 4.98 Å². The number of nitrogens with one attached hydrogen (secondary N) is 1. The van der Waals surface area contributed by atoms with Gasteiger partial charge in [-0.15, -0.1) is 0 Å². The standard InChI is InChI=1S/C14H8Cl4N2O3/c15-9-10(16)12(20-13(18)11(9)17)14(21)19-6-1-2-7-8(5-6)23-4-3-22-7/h1-2,5H,3-4H2,(H,19,21). The number of carbonyl (C=O) groups excluding carboxylic acids is 1. The van der Waals surface area contributed by atoms with Gasteiger partial charge in [0.15, 0.2) is 11.5 Å². The van der Waals surface area contributed by atoms with Crippen LogP contribution < -0.4 is 14.8 Å². The minimum absolute atomic E-state index is 0.00536. The number of nitrogens with zero attached hydrogens (tertiary/aromatic N) is 1. The lowest BCUT2D eigenvalue weighted by Gasteiger charge is -2.19. The minimum atomic E-state index is -0.577. The number of aromatic nitrogens is 1. The molecule has 23 heavy (non-hydrogen) atoms. The summed E-state index contributed by atoms with van der Waals surface area (Å²) >= 11 is 23.6. The molecule has 1 aliphatic rings. The van der Waals surface area contributed by atoms with Crippen LogP contribution >= 0.6 is 46.4 Å². The largest absolute Gasteiger partial charge is 0.486 e. The maximum atomic E-state index is 12.3. The molecule has 0 saturated carbocycles. The third kappa shape index (κ3) is 3.28. The molecule has 2 aromatic rings. The van der Waals surface area contributed by atoms with E-state index in [0.29, 0.717) is 30.4 Å². The molecule has 3 rings (SSSR count).